The van der Waals surface area contributed by atoms with Gasteiger partial charge >= 0.3 is 39.5 Å². The molecule has 0 amide bonds. The maximum absolute atomic E-state index is 13.1. The normalized spacial score (nSPS) is 14.5. The average molecular weight is 1470 g/mol. The van der Waals surface area contributed by atoms with Crippen molar-refractivity contribution < 1.29 is 80.2 Å². The number of aliphatic hydroxyl groups excluding tert-OH is 1. The molecule has 0 aliphatic rings. The van der Waals surface area contributed by atoms with E-state index < -0.39 is 97.5 Å². The smallest absolute Gasteiger partial charge is 0.462 e. The van der Waals surface area contributed by atoms with Gasteiger partial charge in [0.1, 0.15) is 19.3 Å². The second kappa shape index (κ2) is 71.3. The fourth-order valence-corrected chi connectivity index (χ4v) is 14.0. The van der Waals surface area contributed by atoms with Crippen molar-refractivity contribution in [2.45, 2.75) is 439 Å². The molecule has 4 unspecified atom stereocenters. The lowest BCUT2D eigenvalue weighted by Crippen LogP contribution is -2.30. The highest BCUT2D eigenvalue weighted by Crippen LogP contribution is 2.45. The van der Waals surface area contributed by atoms with Gasteiger partial charge in [0, 0.05) is 25.7 Å². The van der Waals surface area contributed by atoms with Gasteiger partial charge in [-0.3, -0.25) is 37.3 Å². The predicted molar refractivity (Wildman–Crippen MR) is 409 cm³/mol. The molecule has 19 heteroatoms. The van der Waals surface area contributed by atoms with Gasteiger partial charge in [0.15, 0.2) is 12.2 Å². The number of phosphoric acid groups is 2. The molecule has 0 aliphatic heterocycles. The quantitative estimate of drug-likeness (QED) is 0.0222. The van der Waals surface area contributed by atoms with E-state index >= 15 is 0 Å². The summed E-state index contributed by atoms with van der Waals surface area (Å²) in [4.78, 5) is 73.0. The summed E-state index contributed by atoms with van der Waals surface area (Å²) in [6.07, 6.45) is 59.7. The molecule has 594 valence electrons. The molecule has 0 aliphatic carbocycles. The number of carbonyl (C=O) groups is 4. The van der Waals surface area contributed by atoms with Gasteiger partial charge in [0.2, 0.25) is 0 Å². The topological polar surface area (TPSA) is 237 Å². The first-order chi connectivity index (χ1) is 48.3. The highest BCUT2D eigenvalue weighted by atomic mass is 31.2. The molecule has 0 radical (unpaired) electrons. The fraction of sp³-hybridized carbons (Fsp3) is 0.951. The minimum Gasteiger partial charge on any atom is -0.462 e. The number of hydrogen-bond acceptors (Lipinski definition) is 15. The van der Waals surface area contributed by atoms with Gasteiger partial charge in [-0.25, -0.2) is 9.13 Å². The molecule has 0 saturated carbocycles. The third-order valence-corrected chi connectivity index (χ3v) is 21.5. The van der Waals surface area contributed by atoms with E-state index in [9.17, 15) is 43.2 Å². The van der Waals surface area contributed by atoms with Crippen molar-refractivity contribution in [2.75, 3.05) is 39.6 Å². The Kier molecular flexibility index (Phi) is 69.9. The number of aliphatic hydroxyl groups is 1. The minimum atomic E-state index is -4.96. The number of carbonyl (C=O) groups excluding carboxylic acids is 4. The van der Waals surface area contributed by atoms with Gasteiger partial charge in [-0.05, 0) is 43.4 Å². The number of ether oxygens (including phenoxy) is 4. The third kappa shape index (κ3) is 71.7. The Morgan fingerprint density at radius 3 is 0.760 bits per heavy atom. The van der Waals surface area contributed by atoms with Crippen LogP contribution in [0.3, 0.4) is 0 Å². The maximum atomic E-state index is 13.1. The van der Waals surface area contributed by atoms with Crippen molar-refractivity contribution in [3.8, 4) is 0 Å². The monoisotopic (exact) mass is 1470 g/mol. The number of unbranched alkanes of at least 4 members (excludes halogenated alkanes) is 45. The molecule has 0 aromatic heterocycles. The second-order valence-corrected chi connectivity index (χ2v) is 33.0. The van der Waals surface area contributed by atoms with Gasteiger partial charge in [0.05, 0.1) is 26.4 Å². The molecule has 100 heavy (non-hydrogen) atoms. The van der Waals surface area contributed by atoms with Crippen LogP contribution in [0.25, 0.3) is 0 Å². The lowest BCUT2D eigenvalue weighted by molar-refractivity contribution is -0.161. The lowest BCUT2D eigenvalue weighted by Gasteiger charge is -2.21. The van der Waals surface area contributed by atoms with Crippen LogP contribution in [0.2, 0.25) is 0 Å². The largest absolute Gasteiger partial charge is 0.472 e. The van der Waals surface area contributed by atoms with Crippen LogP contribution in [0.4, 0.5) is 0 Å². The molecule has 0 aromatic rings. The van der Waals surface area contributed by atoms with Crippen molar-refractivity contribution in [3.05, 3.63) is 0 Å². The molecule has 7 atom stereocenters. The fourth-order valence-electron chi connectivity index (χ4n) is 12.4. The summed E-state index contributed by atoms with van der Waals surface area (Å²) in [5, 5.41) is 10.6. The van der Waals surface area contributed by atoms with Crippen LogP contribution in [-0.4, -0.2) is 96.7 Å². The van der Waals surface area contributed by atoms with Crippen LogP contribution in [-0.2, 0) is 65.4 Å². The van der Waals surface area contributed by atoms with Gasteiger partial charge in [-0.2, -0.15) is 0 Å². The number of hydrogen-bond donors (Lipinski definition) is 3. The van der Waals surface area contributed by atoms with E-state index in [1.165, 1.54) is 225 Å². The van der Waals surface area contributed by atoms with Gasteiger partial charge in [-0.15, -0.1) is 0 Å². The molecule has 0 aromatic carbocycles. The zero-order valence-electron chi connectivity index (χ0n) is 65.7. The van der Waals surface area contributed by atoms with Crippen LogP contribution in [0, 0.1) is 17.8 Å². The summed E-state index contributed by atoms with van der Waals surface area (Å²) < 4.78 is 68.7. The zero-order chi connectivity index (χ0) is 73.7. The SMILES string of the molecule is CCCCCCCCCCCCCCCCCCCCCC(=O)O[C@H](COC(=O)CCCCCCCCCCCCCCCCC(C)CC)COP(=O)(O)OC[C@@H](O)COP(=O)(O)OC[C@@H](COC(=O)CCCCCCCCC(C)CC)OC(=O)CCCCCCCCCCCCC(C)C. The van der Waals surface area contributed by atoms with Crippen LogP contribution in [0.5, 0.6) is 0 Å². The van der Waals surface area contributed by atoms with E-state index in [2.05, 4.69) is 48.5 Å². The standard InChI is InChI=1S/C81H158O17P2/c1-8-11-12-13-14-15-16-17-18-19-20-21-22-27-30-36-41-50-57-64-80(85)97-76(68-91-78(83)62-55-48-40-35-29-26-24-23-25-28-34-39-46-53-60-73(6)9-2)70-95-99(87,88)93-66-75(82)67-94-100(89,90)96-71-77(69-92-79(84)63-56-49-44-43-47-54-61-74(7)10-3)98-81(86)65-58-51-42-37-32-31-33-38-45-52-59-72(4)5/h72-77,82H,8-71H2,1-7H3,(H,87,88)(H,89,90)/t73?,74?,75-,76-,77-/m1/s1. The first-order valence-electron chi connectivity index (χ1n) is 41.9. The molecular weight excluding hydrogens is 1310 g/mol. The van der Waals surface area contributed by atoms with Crippen LogP contribution in [0.15, 0.2) is 0 Å². The van der Waals surface area contributed by atoms with Gasteiger partial charge in [0.25, 0.3) is 0 Å². The average Bonchev–Trinajstić information content (AvgIpc) is 0.910. The number of phosphoric ester groups is 2. The highest BCUT2D eigenvalue weighted by Gasteiger charge is 2.30. The van der Waals surface area contributed by atoms with Gasteiger partial charge < -0.3 is 33.8 Å². The van der Waals surface area contributed by atoms with Crippen LogP contribution < -0.4 is 0 Å². The number of esters is 4. The molecule has 0 bridgehead atoms. The number of rotatable bonds is 79. The van der Waals surface area contributed by atoms with E-state index in [-0.39, 0.29) is 25.7 Å². The van der Waals surface area contributed by atoms with Crippen LogP contribution >= 0.6 is 15.6 Å². The van der Waals surface area contributed by atoms with Gasteiger partial charge in [-0.1, -0.05) is 370 Å². The third-order valence-electron chi connectivity index (χ3n) is 19.6. The second-order valence-electron chi connectivity index (χ2n) is 30.1. The maximum Gasteiger partial charge on any atom is 0.472 e. The Hall–Kier alpha value is -1.94. The zero-order valence-corrected chi connectivity index (χ0v) is 67.5. The van der Waals surface area contributed by atoms with Crippen molar-refractivity contribution >= 4 is 39.5 Å². The van der Waals surface area contributed by atoms with Crippen molar-refractivity contribution in [3.63, 3.8) is 0 Å². The summed E-state index contributed by atoms with van der Waals surface area (Å²) >= 11 is 0. The summed E-state index contributed by atoms with van der Waals surface area (Å²) in [6, 6.07) is 0. The van der Waals surface area contributed by atoms with E-state index in [0.717, 1.165) is 114 Å². The molecule has 0 saturated heterocycles. The Bertz CT molecular complexity index is 1940. The van der Waals surface area contributed by atoms with E-state index in [1.807, 2.05) is 0 Å². The highest BCUT2D eigenvalue weighted by molar-refractivity contribution is 7.47. The van der Waals surface area contributed by atoms with Crippen LogP contribution in [0.1, 0.15) is 421 Å². The first-order valence-corrected chi connectivity index (χ1v) is 44.9. The Labute approximate surface area is 613 Å². The summed E-state index contributed by atoms with van der Waals surface area (Å²) in [7, 11) is -9.92. The molecule has 0 rings (SSSR count). The predicted octanol–water partition coefficient (Wildman–Crippen LogP) is 24.1. The minimum absolute atomic E-state index is 0.105. The summed E-state index contributed by atoms with van der Waals surface area (Å²) in [5.74, 6) is 0.220. The van der Waals surface area contributed by atoms with Crippen molar-refractivity contribution in [1.82, 2.24) is 0 Å². The van der Waals surface area contributed by atoms with E-state index in [4.69, 9.17) is 37.0 Å². The molecule has 3 N–H and O–H groups in total. The van der Waals surface area contributed by atoms with E-state index in [0.29, 0.717) is 25.7 Å². The van der Waals surface area contributed by atoms with Crippen molar-refractivity contribution in [2.24, 2.45) is 17.8 Å². The molecular formula is C81H158O17P2. The van der Waals surface area contributed by atoms with E-state index in [1.54, 1.807) is 0 Å². The Balaban J connectivity index is 5.24. The first kappa shape index (κ1) is 98.1. The van der Waals surface area contributed by atoms with Crippen molar-refractivity contribution in [1.29, 1.82) is 0 Å². The lowest BCUT2D eigenvalue weighted by atomic mass is 9.99. The molecule has 0 heterocycles. The summed E-state index contributed by atoms with van der Waals surface area (Å²) in [5.41, 5.74) is 0. The summed E-state index contributed by atoms with van der Waals surface area (Å²) in [6.45, 7) is 11.9. The Morgan fingerprint density at radius 2 is 0.510 bits per heavy atom. The Morgan fingerprint density at radius 1 is 0.290 bits per heavy atom. The molecule has 17 nitrogen and oxygen atoms in total. The molecule has 0 fully saturated rings. The molecule has 0 spiro atoms.